The Bertz CT molecular complexity index is 1310. The molecular formula is C22H16N6O2S2. The van der Waals surface area contributed by atoms with Crippen LogP contribution in [0.3, 0.4) is 0 Å². The highest BCUT2D eigenvalue weighted by molar-refractivity contribution is 7.14. The molecule has 2 N–H and O–H groups in total. The summed E-state index contributed by atoms with van der Waals surface area (Å²) in [5.41, 5.74) is 6.45. The van der Waals surface area contributed by atoms with Gasteiger partial charge in [-0.25, -0.2) is 9.97 Å². The maximum atomic E-state index is 13.3. The zero-order chi connectivity index (χ0) is 21.9. The number of aliphatic hydroxyl groups is 1. The fourth-order valence-corrected chi connectivity index (χ4v) is 4.48. The van der Waals surface area contributed by atoms with Crippen molar-refractivity contribution >= 4 is 50.3 Å². The minimum absolute atomic E-state index is 0.161. The van der Waals surface area contributed by atoms with Gasteiger partial charge in [0.25, 0.3) is 0 Å². The number of nitrogens with zero attached hydrogens (tertiary/aromatic N) is 5. The quantitative estimate of drug-likeness (QED) is 0.424. The maximum Gasteiger partial charge on any atom is 0.303 e. The fraction of sp³-hybridized carbons (Fsp3) is 0.0455. The summed E-state index contributed by atoms with van der Waals surface area (Å²) in [6, 6.07) is 19.2. The molecule has 0 saturated heterocycles. The number of carbonyl (C=O) groups excluding carboxylic acids is 1. The Balaban J connectivity index is 1.49. The van der Waals surface area contributed by atoms with Gasteiger partial charge in [0, 0.05) is 21.9 Å². The molecule has 8 nitrogen and oxygen atoms in total. The Morgan fingerprint density at radius 3 is 2.34 bits per heavy atom. The lowest BCUT2D eigenvalue weighted by Crippen LogP contribution is -2.28. The Morgan fingerprint density at radius 2 is 1.66 bits per heavy atom. The average Bonchev–Trinajstić information content (AvgIpc) is 3.58. The maximum absolute atomic E-state index is 13.3. The summed E-state index contributed by atoms with van der Waals surface area (Å²) < 4.78 is 0. The average molecular weight is 461 g/mol. The van der Waals surface area contributed by atoms with E-state index in [1.807, 2.05) is 66.0 Å². The summed E-state index contributed by atoms with van der Waals surface area (Å²) in [5.74, 6) is -0.385. The molecule has 0 bridgehead atoms. The Kier molecular flexibility index (Phi) is 5.55. The van der Waals surface area contributed by atoms with Gasteiger partial charge >= 0.3 is 5.91 Å². The number of nitrogens with one attached hydrogen (secondary N) is 1. The van der Waals surface area contributed by atoms with Gasteiger partial charge in [-0.2, -0.15) is 15.2 Å². The molecule has 2 aromatic heterocycles. The van der Waals surface area contributed by atoms with Gasteiger partial charge in [0.05, 0.1) is 18.0 Å². The van der Waals surface area contributed by atoms with E-state index in [0.717, 1.165) is 16.8 Å². The van der Waals surface area contributed by atoms with E-state index in [9.17, 15) is 9.90 Å². The summed E-state index contributed by atoms with van der Waals surface area (Å²) >= 11 is 2.63. The zero-order valence-electron chi connectivity index (χ0n) is 16.5. The van der Waals surface area contributed by atoms with E-state index in [1.54, 1.807) is 5.38 Å². The van der Waals surface area contributed by atoms with Crippen LogP contribution >= 0.6 is 22.7 Å². The van der Waals surface area contributed by atoms with Crippen LogP contribution in [-0.2, 0) is 11.4 Å². The van der Waals surface area contributed by atoms with Crippen LogP contribution in [0.25, 0.3) is 11.3 Å². The van der Waals surface area contributed by atoms with Crippen molar-refractivity contribution in [2.75, 3.05) is 10.4 Å². The Labute approximate surface area is 191 Å². The SMILES string of the molecule is O=C1/C(=N/Nc2nc(CO)cs2)C(c2ccccc2)=NN1c1nc(-c2ccccc2)cs1. The van der Waals surface area contributed by atoms with Gasteiger partial charge in [-0.15, -0.1) is 22.7 Å². The van der Waals surface area contributed by atoms with Crippen molar-refractivity contribution in [1.29, 1.82) is 0 Å². The first kappa shape index (κ1) is 20.2. The standard InChI is InChI=1S/C22H16N6O2S2/c29-11-16-12-31-21(23-16)26-25-19-18(15-9-5-2-6-10-15)27-28(20(19)30)22-24-17(13-32-22)14-7-3-1-4-8-14/h1-10,12-13,29H,11H2,(H,23,26)/b25-19+. The molecule has 10 heteroatoms. The van der Waals surface area contributed by atoms with Gasteiger partial charge in [0.1, 0.15) is 5.71 Å². The molecule has 3 heterocycles. The number of hydrazone groups is 2. The predicted octanol–water partition coefficient (Wildman–Crippen LogP) is 3.98. The summed E-state index contributed by atoms with van der Waals surface area (Å²) in [6.45, 7) is -0.161. The first-order valence-electron chi connectivity index (χ1n) is 9.61. The number of hydrogen-bond acceptors (Lipinski definition) is 9. The molecule has 0 atom stereocenters. The number of aliphatic hydroxyl groups excluding tert-OH is 1. The summed E-state index contributed by atoms with van der Waals surface area (Å²) in [7, 11) is 0. The highest BCUT2D eigenvalue weighted by Crippen LogP contribution is 2.30. The lowest BCUT2D eigenvalue weighted by Gasteiger charge is -2.06. The molecule has 5 rings (SSSR count). The van der Waals surface area contributed by atoms with E-state index in [4.69, 9.17) is 0 Å². The van der Waals surface area contributed by atoms with Crippen LogP contribution in [0.5, 0.6) is 0 Å². The molecule has 0 spiro atoms. The monoisotopic (exact) mass is 460 g/mol. The van der Waals surface area contributed by atoms with Gasteiger partial charge in [0.2, 0.25) is 10.3 Å². The van der Waals surface area contributed by atoms with Crippen molar-refractivity contribution in [2.45, 2.75) is 6.61 Å². The zero-order valence-corrected chi connectivity index (χ0v) is 18.2. The Hall–Kier alpha value is -3.73. The lowest BCUT2D eigenvalue weighted by molar-refractivity contribution is -0.112. The van der Waals surface area contributed by atoms with Crippen molar-refractivity contribution in [3.63, 3.8) is 0 Å². The van der Waals surface area contributed by atoms with E-state index in [0.29, 0.717) is 21.7 Å². The lowest BCUT2D eigenvalue weighted by atomic mass is 10.1. The molecule has 2 aromatic carbocycles. The number of anilines is 2. The van der Waals surface area contributed by atoms with Gasteiger partial charge in [-0.1, -0.05) is 60.7 Å². The smallest absolute Gasteiger partial charge is 0.303 e. The van der Waals surface area contributed by atoms with Gasteiger partial charge in [-0.05, 0) is 0 Å². The van der Waals surface area contributed by atoms with E-state index < -0.39 is 0 Å². The van der Waals surface area contributed by atoms with Crippen molar-refractivity contribution in [2.24, 2.45) is 10.2 Å². The number of hydrogen-bond donors (Lipinski definition) is 2. The highest BCUT2D eigenvalue weighted by atomic mass is 32.1. The normalized spacial score (nSPS) is 14.8. The van der Waals surface area contributed by atoms with Crippen LogP contribution in [0, 0.1) is 0 Å². The van der Waals surface area contributed by atoms with E-state index >= 15 is 0 Å². The number of benzene rings is 2. The molecule has 0 aliphatic carbocycles. The number of thiazole rings is 2. The predicted molar refractivity (Wildman–Crippen MR) is 127 cm³/mol. The third-order valence-electron chi connectivity index (χ3n) is 4.59. The van der Waals surface area contributed by atoms with E-state index in [1.165, 1.54) is 27.7 Å². The molecule has 158 valence electrons. The van der Waals surface area contributed by atoms with E-state index in [2.05, 4.69) is 25.6 Å². The van der Waals surface area contributed by atoms with Crippen molar-refractivity contribution in [1.82, 2.24) is 9.97 Å². The van der Waals surface area contributed by atoms with E-state index in [-0.39, 0.29) is 18.2 Å². The summed E-state index contributed by atoms with van der Waals surface area (Å²) in [5, 5.41) is 23.9. The number of aromatic nitrogens is 2. The molecule has 4 aromatic rings. The van der Waals surface area contributed by atoms with Crippen LogP contribution in [0.1, 0.15) is 11.3 Å². The number of rotatable bonds is 6. The molecule has 0 unspecified atom stereocenters. The summed E-state index contributed by atoms with van der Waals surface area (Å²) in [4.78, 5) is 22.1. The highest BCUT2D eigenvalue weighted by Gasteiger charge is 2.35. The third kappa shape index (κ3) is 3.94. The van der Waals surface area contributed by atoms with Crippen molar-refractivity contribution in [3.8, 4) is 11.3 Å². The number of carbonyl (C=O) groups is 1. The molecule has 0 fully saturated rings. The minimum atomic E-state index is -0.385. The van der Waals surface area contributed by atoms with Gasteiger partial charge < -0.3 is 5.11 Å². The van der Waals surface area contributed by atoms with Crippen LogP contribution in [-0.4, -0.2) is 32.4 Å². The van der Waals surface area contributed by atoms with Crippen LogP contribution in [0.4, 0.5) is 10.3 Å². The molecule has 32 heavy (non-hydrogen) atoms. The second kappa shape index (κ2) is 8.79. The largest absolute Gasteiger partial charge is 0.390 e. The van der Waals surface area contributed by atoms with Crippen LogP contribution in [0.15, 0.2) is 81.6 Å². The molecule has 0 radical (unpaired) electrons. The second-order valence-electron chi connectivity index (χ2n) is 6.69. The first-order valence-corrected chi connectivity index (χ1v) is 11.4. The molecular weight excluding hydrogens is 444 g/mol. The van der Waals surface area contributed by atoms with Gasteiger partial charge in [0.15, 0.2) is 5.71 Å². The second-order valence-corrected chi connectivity index (χ2v) is 8.38. The van der Waals surface area contributed by atoms with Crippen LogP contribution < -0.4 is 10.4 Å². The Morgan fingerprint density at radius 1 is 0.938 bits per heavy atom. The summed E-state index contributed by atoms with van der Waals surface area (Å²) in [6.07, 6.45) is 0. The van der Waals surface area contributed by atoms with Crippen molar-refractivity contribution in [3.05, 3.63) is 82.7 Å². The van der Waals surface area contributed by atoms with Crippen LogP contribution in [0.2, 0.25) is 0 Å². The number of amides is 1. The van der Waals surface area contributed by atoms with Crippen molar-refractivity contribution < 1.29 is 9.90 Å². The fourth-order valence-electron chi connectivity index (χ4n) is 3.05. The third-order valence-corrected chi connectivity index (χ3v) is 6.20. The van der Waals surface area contributed by atoms with Gasteiger partial charge in [-0.3, -0.25) is 10.2 Å². The minimum Gasteiger partial charge on any atom is -0.390 e. The molecule has 1 amide bonds. The first-order chi connectivity index (χ1) is 15.7. The molecule has 0 saturated carbocycles. The molecule has 1 aliphatic rings. The molecule has 1 aliphatic heterocycles. The topological polar surface area (TPSA) is 103 Å².